The highest BCUT2D eigenvalue weighted by atomic mass is 16.5. The highest BCUT2D eigenvalue weighted by Gasteiger charge is 2.06. The standard InChI is InChI=1S/C12H17N3O2/c1-17-8-10(16)5-6-15-11-4-2-3-9(7-13)12(11)14/h2-4,10,15-16H,5-6,8,14H2,1H3. The summed E-state index contributed by atoms with van der Waals surface area (Å²) in [6.45, 7) is 0.888. The van der Waals surface area contributed by atoms with Gasteiger partial charge >= 0.3 is 0 Å². The molecule has 1 atom stereocenters. The predicted octanol–water partition coefficient (Wildman–Crippen LogP) is 0.950. The summed E-state index contributed by atoms with van der Waals surface area (Å²) in [4.78, 5) is 0. The van der Waals surface area contributed by atoms with E-state index in [0.717, 1.165) is 0 Å². The molecule has 0 saturated heterocycles. The number of ether oxygens (including phenoxy) is 1. The lowest BCUT2D eigenvalue weighted by molar-refractivity contribution is 0.0615. The number of hydrogen-bond donors (Lipinski definition) is 3. The van der Waals surface area contributed by atoms with Crippen molar-refractivity contribution in [2.45, 2.75) is 12.5 Å². The fourth-order valence-corrected chi connectivity index (χ4v) is 1.47. The Morgan fingerprint density at radius 2 is 2.35 bits per heavy atom. The monoisotopic (exact) mass is 235 g/mol. The highest BCUT2D eigenvalue weighted by Crippen LogP contribution is 2.21. The summed E-state index contributed by atoms with van der Waals surface area (Å²) >= 11 is 0. The first-order valence-electron chi connectivity index (χ1n) is 5.38. The van der Waals surface area contributed by atoms with Crippen molar-refractivity contribution in [3.05, 3.63) is 23.8 Å². The molecule has 0 bridgehead atoms. The number of nitrogens with zero attached hydrogens (tertiary/aromatic N) is 1. The molecule has 0 fully saturated rings. The number of para-hydroxylation sites is 1. The van der Waals surface area contributed by atoms with Gasteiger partial charge in [0.05, 0.1) is 29.6 Å². The molecule has 0 aliphatic carbocycles. The maximum Gasteiger partial charge on any atom is 0.101 e. The second kappa shape index (κ2) is 6.74. The number of rotatable bonds is 6. The van der Waals surface area contributed by atoms with Gasteiger partial charge in [-0.3, -0.25) is 0 Å². The molecule has 17 heavy (non-hydrogen) atoms. The Kier molecular flexibility index (Phi) is 5.27. The number of aliphatic hydroxyl groups is 1. The first-order valence-corrected chi connectivity index (χ1v) is 5.38. The third-order valence-electron chi connectivity index (χ3n) is 2.38. The molecule has 0 saturated carbocycles. The molecule has 0 amide bonds. The van der Waals surface area contributed by atoms with Crippen molar-refractivity contribution in [2.75, 3.05) is 31.3 Å². The van der Waals surface area contributed by atoms with Gasteiger partial charge in [-0.25, -0.2) is 0 Å². The van der Waals surface area contributed by atoms with E-state index in [1.165, 1.54) is 0 Å². The van der Waals surface area contributed by atoms with Gasteiger partial charge in [0.2, 0.25) is 0 Å². The Morgan fingerprint density at radius 1 is 1.59 bits per heavy atom. The van der Waals surface area contributed by atoms with Gasteiger partial charge < -0.3 is 20.9 Å². The molecular formula is C12H17N3O2. The van der Waals surface area contributed by atoms with Crippen LogP contribution in [0.25, 0.3) is 0 Å². The lowest BCUT2D eigenvalue weighted by Crippen LogP contribution is -2.18. The van der Waals surface area contributed by atoms with Crippen molar-refractivity contribution < 1.29 is 9.84 Å². The van der Waals surface area contributed by atoms with E-state index in [1.54, 1.807) is 25.3 Å². The molecule has 0 spiro atoms. The second-order valence-corrected chi connectivity index (χ2v) is 3.70. The molecule has 92 valence electrons. The Hall–Kier alpha value is -1.77. The maximum absolute atomic E-state index is 9.45. The second-order valence-electron chi connectivity index (χ2n) is 3.70. The minimum absolute atomic E-state index is 0.315. The van der Waals surface area contributed by atoms with Gasteiger partial charge in [0.15, 0.2) is 0 Å². The van der Waals surface area contributed by atoms with Crippen LogP contribution in [0.3, 0.4) is 0 Å². The minimum atomic E-state index is -0.493. The summed E-state index contributed by atoms with van der Waals surface area (Å²) in [6, 6.07) is 7.26. The molecule has 5 heteroatoms. The summed E-state index contributed by atoms with van der Waals surface area (Å²) in [5, 5.41) is 21.3. The summed E-state index contributed by atoms with van der Waals surface area (Å²) in [5.74, 6) is 0. The van der Waals surface area contributed by atoms with Gasteiger partial charge in [-0.2, -0.15) is 5.26 Å². The van der Waals surface area contributed by atoms with Gasteiger partial charge in [0.25, 0.3) is 0 Å². The summed E-state index contributed by atoms with van der Waals surface area (Å²) in [5.41, 5.74) is 7.41. The fraction of sp³-hybridized carbons (Fsp3) is 0.417. The lowest BCUT2D eigenvalue weighted by atomic mass is 10.1. The first kappa shape index (κ1) is 13.3. The van der Waals surface area contributed by atoms with Crippen LogP contribution < -0.4 is 11.1 Å². The van der Waals surface area contributed by atoms with E-state index in [-0.39, 0.29) is 0 Å². The van der Waals surface area contributed by atoms with Crippen LogP contribution in [0.4, 0.5) is 11.4 Å². The van der Waals surface area contributed by atoms with Gasteiger partial charge in [-0.05, 0) is 18.6 Å². The van der Waals surface area contributed by atoms with Crippen LogP contribution >= 0.6 is 0 Å². The van der Waals surface area contributed by atoms with Crippen molar-refractivity contribution >= 4 is 11.4 Å². The van der Waals surface area contributed by atoms with E-state index in [2.05, 4.69) is 5.32 Å². The molecule has 4 N–H and O–H groups in total. The molecule has 0 aliphatic heterocycles. The number of hydrogen-bond acceptors (Lipinski definition) is 5. The van der Waals surface area contributed by atoms with E-state index >= 15 is 0 Å². The SMILES string of the molecule is COCC(O)CCNc1cccc(C#N)c1N. The number of aliphatic hydroxyl groups excluding tert-OH is 1. The Labute approximate surface area is 101 Å². The summed E-state index contributed by atoms with van der Waals surface area (Å²) < 4.78 is 4.82. The number of methoxy groups -OCH3 is 1. The molecule has 1 unspecified atom stereocenters. The molecule has 5 nitrogen and oxygen atoms in total. The number of nitrogens with one attached hydrogen (secondary N) is 1. The van der Waals surface area contributed by atoms with E-state index in [9.17, 15) is 5.11 Å². The van der Waals surface area contributed by atoms with Crippen molar-refractivity contribution in [3.63, 3.8) is 0 Å². The number of nitriles is 1. The van der Waals surface area contributed by atoms with Crippen LogP contribution in [0, 0.1) is 11.3 Å². The molecule has 0 aliphatic rings. The van der Waals surface area contributed by atoms with Crippen LogP contribution in [0.2, 0.25) is 0 Å². The number of nitrogens with two attached hydrogens (primary N) is 1. The van der Waals surface area contributed by atoms with E-state index in [1.807, 2.05) is 6.07 Å². The smallest absolute Gasteiger partial charge is 0.101 e. The molecule has 0 radical (unpaired) electrons. The fourth-order valence-electron chi connectivity index (χ4n) is 1.47. The molecule has 1 aromatic carbocycles. The highest BCUT2D eigenvalue weighted by molar-refractivity contribution is 5.72. The zero-order valence-corrected chi connectivity index (χ0v) is 9.81. The largest absolute Gasteiger partial charge is 0.396 e. The Morgan fingerprint density at radius 3 is 3.00 bits per heavy atom. The van der Waals surface area contributed by atoms with Gasteiger partial charge in [0, 0.05) is 13.7 Å². The summed E-state index contributed by atoms with van der Waals surface area (Å²) in [7, 11) is 1.55. The van der Waals surface area contributed by atoms with Crippen molar-refractivity contribution in [3.8, 4) is 6.07 Å². The quantitative estimate of drug-likeness (QED) is 0.638. The van der Waals surface area contributed by atoms with E-state index in [0.29, 0.717) is 36.5 Å². The third kappa shape index (κ3) is 3.94. The molecule has 0 aromatic heterocycles. The number of nitrogen functional groups attached to an aromatic ring is 1. The molecule has 1 aromatic rings. The Bertz CT molecular complexity index is 401. The normalized spacial score (nSPS) is 11.8. The average Bonchev–Trinajstić information content (AvgIpc) is 2.32. The van der Waals surface area contributed by atoms with Gasteiger partial charge in [-0.15, -0.1) is 0 Å². The number of anilines is 2. The molecule has 0 heterocycles. The lowest BCUT2D eigenvalue weighted by Gasteiger charge is -2.12. The van der Waals surface area contributed by atoms with Crippen LogP contribution in [-0.2, 0) is 4.74 Å². The zero-order chi connectivity index (χ0) is 12.7. The van der Waals surface area contributed by atoms with E-state index < -0.39 is 6.10 Å². The zero-order valence-electron chi connectivity index (χ0n) is 9.81. The summed E-state index contributed by atoms with van der Waals surface area (Å²) in [6.07, 6.45) is 0.0669. The van der Waals surface area contributed by atoms with Crippen LogP contribution in [0.5, 0.6) is 0 Å². The predicted molar refractivity (Wildman–Crippen MR) is 66.6 cm³/mol. The van der Waals surface area contributed by atoms with Gasteiger partial charge in [-0.1, -0.05) is 6.07 Å². The van der Waals surface area contributed by atoms with Gasteiger partial charge in [0.1, 0.15) is 6.07 Å². The Balaban J connectivity index is 2.50. The average molecular weight is 235 g/mol. The minimum Gasteiger partial charge on any atom is -0.396 e. The van der Waals surface area contributed by atoms with Crippen molar-refractivity contribution in [1.29, 1.82) is 5.26 Å². The molecular weight excluding hydrogens is 218 g/mol. The van der Waals surface area contributed by atoms with E-state index in [4.69, 9.17) is 15.7 Å². The maximum atomic E-state index is 9.45. The van der Waals surface area contributed by atoms with Crippen LogP contribution in [-0.4, -0.2) is 31.5 Å². The first-order chi connectivity index (χ1) is 8.19. The van der Waals surface area contributed by atoms with Crippen LogP contribution in [0.15, 0.2) is 18.2 Å². The van der Waals surface area contributed by atoms with Crippen LogP contribution in [0.1, 0.15) is 12.0 Å². The van der Waals surface area contributed by atoms with Crippen molar-refractivity contribution in [2.24, 2.45) is 0 Å². The third-order valence-corrected chi connectivity index (χ3v) is 2.38. The topological polar surface area (TPSA) is 91.3 Å². The van der Waals surface area contributed by atoms with Crippen molar-refractivity contribution in [1.82, 2.24) is 0 Å². The molecule has 1 rings (SSSR count). The number of benzene rings is 1.